The number of benzene rings is 1. The van der Waals surface area contributed by atoms with Gasteiger partial charge in [0.15, 0.2) is 0 Å². The maximum absolute atomic E-state index is 12.8. The molecule has 1 fully saturated rings. The van der Waals surface area contributed by atoms with Gasteiger partial charge in [0.2, 0.25) is 10.0 Å². The summed E-state index contributed by atoms with van der Waals surface area (Å²) in [7, 11) is 0.427. The normalized spacial score (nSPS) is 20.3. The molecule has 0 spiro atoms. The van der Waals surface area contributed by atoms with Crippen molar-refractivity contribution < 1.29 is 13.5 Å². The van der Waals surface area contributed by atoms with Crippen LogP contribution < -0.4 is 0 Å². The van der Waals surface area contributed by atoms with Gasteiger partial charge in [-0.1, -0.05) is 6.07 Å². The Labute approximate surface area is 127 Å². The molecule has 0 saturated carbocycles. The van der Waals surface area contributed by atoms with Gasteiger partial charge in [0.25, 0.3) is 0 Å². The number of rotatable bonds is 5. The molecule has 0 aliphatic carbocycles. The SMILES string of the molecule is Cc1ccc(S(=O)(=O)N2CCCC2CN(C)C)cc1CO. The Morgan fingerprint density at radius 1 is 1.38 bits per heavy atom. The van der Waals surface area contributed by atoms with Gasteiger partial charge in [0.05, 0.1) is 11.5 Å². The zero-order valence-electron chi connectivity index (χ0n) is 12.9. The van der Waals surface area contributed by atoms with Crippen LogP contribution in [0.25, 0.3) is 0 Å². The molecule has 0 bridgehead atoms. The summed E-state index contributed by atoms with van der Waals surface area (Å²) in [6.07, 6.45) is 1.80. The molecule has 5 nitrogen and oxygen atoms in total. The summed E-state index contributed by atoms with van der Waals surface area (Å²) in [5.41, 5.74) is 1.57. The molecular formula is C15H24N2O3S. The van der Waals surface area contributed by atoms with Gasteiger partial charge in [-0.25, -0.2) is 8.42 Å². The van der Waals surface area contributed by atoms with Crippen LogP contribution in [0, 0.1) is 6.92 Å². The molecule has 2 rings (SSSR count). The second kappa shape index (κ2) is 6.44. The number of nitrogens with zero attached hydrogens (tertiary/aromatic N) is 2. The Hall–Kier alpha value is -0.950. The summed E-state index contributed by atoms with van der Waals surface area (Å²) < 4.78 is 27.3. The van der Waals surface area contributed by atoms with E-state index in [-0.39, 0.29) is 17.5 Å². The average molecular weight is 312 g/mol. The highest BCUT2D eigenvalue weighted by molar-refractivity contribution is 7.89. The molecule has 1 heterocycles. The lowest BCUT2D eigenvalue weighted by Gasteiger charge is -2.26. The third kappa shape index (κ3) is 3.45. The quantitative estimate of drug-likeness (QED) is 0.887. The maximum atomic E-state index is 12.8. The summed E-state index contributed by atoms with van der Waals surface area (Å²) in [5, 5.41) is 9.33. The smallest absolute Gasteiger partial charge is 0.243 e. The van der Waals surface area contributed by atoms with Crippen molar-refractivity contribution in [3.8, 4) is 0 Å². The predicted molar refractivity (Wildman–Crippen MR) is 82.6 cm³/mol. The zero-order valence-corrected chi connectivity index (χ0v) is 13.7. The highest BCUT2D eigenvalue weighted by atomic mass is 32.2. The first-order valence-electron chi connectivity index (χ1n) is 7.23. The molecule has 1 N–H and O–H groups in total. The first kappa shape index (κ1) is 16.4. The van der Waals surface area contributed by atoms with Crippen LogP contribution in [0.1, 0.15) is 24.0 Å². The molecule has 21 heavy (non-hydrogen) atoms. The molecule has 1 saturated heterocycles. The van der Waals surface area contributed by atoms with Gasteiger partial charge in [-0.05, 0) is 57.1 Å². The van der Waals surface area contributed by atoms with Crippen LogP contribution in [0.15, 0.2) is 23.1 Å². The molecule has 6 heteroatoms. The highest BCUT2D eigenvalue weighted by Crippen LogP contribution is 2.27. The van der Waals surface area contributed by atoms with Crippen LogP contribution in [0.5, 0.6) is 0 Å². The van der Waals surface area contributed by atoms with Crippen molar-refractivity contribution >= 4 is 10.0 Å². The monoisotopic (exact) mass is 312 g/mol. The topological polar surface area (TPSA) is 60.9 Å². The molecule has 0 amide bonds. The summed E-state index contributed by atoms with van der Waals surface area (Å²) in [5.74, 6) is 0. The molecule has 1 aliphatic rings. The number of sulfonamides is 1. The lowest BCUT2D eigenvalue weighted by Crippen LogP contribution is -2.41. The van der Waals surface area contributed by atoms with E-state index >= 15 is 0 Å². The standard InChI is InChI=1S/C15H24N2O3S/c1-12-6-7-15(9-13(12)11-18)21(19,20)17-8-4-5-14(17)10-16(2)3/h6-7,9,14,18H,4-5,8,10-11H2,1-3H3. The van der Waals surface area contributed by atoms with E-state index in [0.29, 0.717) is 12.1 Å². The Bertz CT molecular complexity index is 599. The molecular weight excluding hydrogens is 288 g/mol. The van der Waals surface area contributed by atoms with Crippen molar-refractivity contribution in [3.63, 3.8) is 0 Å². The van der Waals surface area contributed by atoms with Crippen molar-refractivity contribution in [1.29, 1.82) is 0 Å². The van der Waals surface area contributed by atoms with Crippen molar-refractivity contribution in [2.45, 2.75) is 37.3 Å². The first-order chi connectivity index (χ1) is 9.86. The van der Waals surface area contributed by atoms with Crippen LogP contribution in [-0.2, 0) is 16.6 Å². The van der Waals surface area contributed by atoms with Crippen molar-refractivity contribution in [3.05, 3.63) is 29.3 Å². The molecule has 0 radical (unpaired) electrons. The lowest BCUT2D eigenvalue weighted by molar-refractivity contribution is 0.280. The Balaban J connectivity index is 2.33. The third-order valence-electron chi connectivity index (χ3n) is 4.00. The van der Waals surface area contributed by atoms with Crippen LogP contribution in [-0.4, -0.2) is 56.0 Å². The van der Waals surface area contributed by atoms with E-state index in [1.807, 2.05) is 25.9 Å². The van der Waals surface area contributed by atoms with E-state index in [9.17, 15) is 13.5 Å². The Kier molecular flexibility index (Phi) is 5.03. The molecule has 1 aliphatic heterocycles. The van der Waals surface area contributed by atoms with Gasteiger partial charge >= 0.3 is 0 Å². The van der Waals surface area contributed by atoms with Crippen LogP contribution in [0.3, 0.4) is 0 Å². The van der Waals surface area contributed by atoms with Crippen molar-refractivity contribution in [2.75, 3.05) is 27.2 Å². The number of aliphatic hydroxyl groups excluding tert-OH is 1. The summed E-state index contributed by atoms with van der Waals surface area (Å²) >= 11 is 0. The van der Waals surface area contributed by atoms with Crippen molar-refractivity contribution in [2.24, 2.45) is 0 Å². The zero-order chi connectivity index (χ0) is 15.6. The second-order valence-electron chi connectivity index (χ2n) is 5.92. The van der Waals surface area contributed by atoms with Crippen LogP contribution in [0.2, 0.25) is 0 Å². The highest BCUT2D eigenvalue weighted by Gasteiger charge is 2.35. The Morgan fingerprint density at radius 3 is 2.71 bits per heavy atom. The number of hydrogen-bond donors (Lipinski definition) is 1. The number of aryl methyl sites for hydroxylation is 1. The molecule has 118 valence electrons. The minimum Gasteiger partial charge on any atom is -0.392 e. The number of likely N-dealkylation sites (N-methyl/N-ethyl adjacent to an activating group) is 1. The van der Waals surface area contributed by atoms with Crippen LogP contribution >= 0.6 is 0 Å². The van der Waals surface area contributed by atoms with Crippen LogP contribution in [0.4, 0.5) is 0 Å². The van der Waals surface area contributed by atoms with Gasteiger partial charge in [-0.2, -0.15) is 4.31 Å². The van der Waals surface area contributed by atoms with Gasteiger partial charge in [-0.15, -0.1) is 0 Å². The Morgan fingerprint density at radius 2 is 2.10 bits per heavy atom. The first-order valence-corrected chi connectivity index (χ1v) is 8.67. The minimum absolute atomic E-state index is 0.0314. The second-order valence-corrected chi connectivity index (χ2v) is 7.81. The molecule has 0 aromatic heterocycles. The van der Waals surface area contributed by atoms with E-state index in [4.69, 9.17) is 0 Å². The molecule has 1 aromatic rings. The fourth-order valence-corrected chi connectivity index (χ4v) is 4.58. The predicted octanol–water partition coefficient (Wildman–Crippen LogP) is 1.20. The molecule has 1 aromatic carbocycles. The fraction of sp³-hybridized carbons (Fsp3) is 0.600. The van der Waals surface area contributed by atoms with Gasteiger partial charge < -0.3 is 10.0 Å². The summed E-state index contributed by atoms with van der Waals surface area (Å²) in [4.78, 5) is 2.30. The van der Waals surface area contributed by atoms with E-state index in [2.05, 4.69) is 0 Å². The summed E-state index contributed by atoms with van der Waals surface area (Å²) in [6, 6.07) is 5.02. The average Bonchev–Trinajstić information content (AvgIpc) is 2.87. The van der Waals surface area contributed by atoms with Gasteiger partial charge in [0, 0.05) is 19.1 Å². The van der Waals surface area contributed by atoms with E-state index in [1.165, 1.54) is 0 Å². The number of aliphatic hydroxyl groups is 1. The van der Waals surface area contributed by atoms with E-state index in [0.717, 1.165) is 24.9 Å². The van der Waals surface area contributed by atoms with E-state index in [1.54, 1.807) is 22.5 Å². The minimum atomic E-state index is -3.49. The van der Waals surface area contributed by atoms with Gasteiger partial charge in [0.1, 0.15) is 0 Å². The van der Waals surface area contributed by atoms with E-state index < -0.39 is 10.0 Å². The lowest BCUT2D eigenvalue weighted by atomic mass is 10.1. The fourth-order valence-electron chi connectivity index (χ4n) is 2.84. The van der Waals surface area contributed by atoms with Crippen molar-refractivity contribution in [1.82, 2.24) is 9.21 Å². The summed E-state index contributed by atoms with van der Waals surface area (Å²) in [6.45, 7) is 3.03. The van der Waals surface area contributed by atoms with Gasteiger partial charge in [-0.3, -0.25) is 0 Å². The third-order valence-corrected chi connectivity index (χ3v) is 5.94. The largest absolute Gasteiger partial charge is 0.392 e. The number of hydrogen-bond acceptors (Lipinski definition) is 4. The molecule has 1 unspecified atom stereocenters. The maximum Gasteiger partial charge on any atom is 0.243 e. The molecule has 1 atom stereocenters.